The van der Waals surface area contributed by atoms with E-state index in [1.54, 1.807) is 13.0 Å². The number of rotatable bonds is 4. The topological polar surface area (TPSA) is 37.8 Å². The van der Waals surface area contributed by atoms with Crippen LogP contribution in [0.3, 0.4) is 0 Å². The molecule has 1 heterocycles. The lowest BCUT2D eigenvalue weighted by Crippen LogP contribution is -2.09. The summed E-state index contributed by atoms with van der Waals surface area (Å²) in [4.78, 5) is 8.53. The van der Waals surface area contributed by atoms with Gasteiger partial charge < -0.3 is 5.32 Å². The van der Waals surface area contributed by atoms with Gasteiger partial charge in [-0.3, -0.25) is 0 Å². The first-order valence-corrected chi connectivity index (χ1v) is 7.67. The van der Waals surface area contributed by atoms with E-state index in [-0.39, 0.29) is 5.82 Å². The maximum atomic E-state index is 13.5. The molecule has 1 N–H and O–H groups in total. The molecule has 25 heavy (non-hydrogen) atoms. The summed E-state index contributed by atoms with van der Waals surface area (Å²) in [6.07, 6.45) is -3.82. The molecule has 0 aliphatic heterocycles. The van der Waals surface area contributed by atoms with Crippen molar-refractivity contribution in [3.05, 3.63) is 65.2 Å². The SMILES string of the molecule is Cc1nc(NCCc2ccc(C(F)(F)F)cc2)c2cc(F)ccc2n1. The smallest absolute Gasteiger partial charge is 0.369 e. The molecule has 0 bridgehead atoms. The van der Waals surface area contributed by atoms with Gasteiger partial charge in [-0.1, -0.05) is 12.1 Å². The van der Waals surface area contributed by atoms with Crippen LogP contribution in [-0.4, -0.2) is 16.5 Å². The highest BCUT2D eigenvalue weighted by atomic mass is 19.4. The second kappa shape index (κ2) is 6.66. The van der Waals surface area contributed by atoms with Crippen molar-refractivity contribution in [1.82, 2.24) is 9.97 Å². The zero-order valence-corrected chi connectivity index (χ0v) is 13.4. The summed E-state index contributed by atoms with van der Waals surface area (Å²) in [6.45, 7) is 2.19. The van der Waals surface area contributed by atoms with Crippen LogP contribution in [0.1, 0.15) is 17.0 Å². The minimum Gasteiger partial charge on any atom is -0.369 e. The third-order valence-electron chi connectivity index (χ3n) is 3.76. The summed E-state index contributed by atoms with van der Waals surface area (Å²) < 4.78 is 51.1. The average Bonchev–Trinajstić information content (AvgIpc) is 2.55. The zero-order chi connectivity index (χ0) is 18.0. The Morgan fingerprint density at radius 2 is 1.72 bits per heavy atom. The number of nitrogens with one attached hydrogen (secondary N) is 1. The van der Waals surface area contributed by atoms with Gasteiger partial charge in [-0.2, -0.15) is 13.2 Å². The molecule has 0 fully saturated rings. The van der Waals surface area contributed by atoms with Crippen LogP contribution < -0.4 is 5.32 Å². The molecule has 7 heteroatoms. The fourth-order valence-electron chi connectivity index (χ4n) is 2.54. The van der Waals surface area contributed by atoms with Gasteiger partial charge in [0.1, 0.15) is 17.5 Å². The van der Waals surface area contributed by atoms with E-state index in [9.17, 15) is 17.6 Å². The number of alkyl halides is 3. The molecule has 0 amide bonds. The third-order valence-corrected chi connectivity index (χ3v) is 3.76. The van der Waals surface area contributed by atoms with Crippen LogP contribution in [0.15, 0.2) is 42.5 Å². The molecule has 0 aliphatic rings. The Morgan fingerprint density at radius 1 is 1.00 bits per heavy atom. The lowest BCUT2D eigenvalue weighted by Gasteiger charge is -2.11. The molecule has 130 valence electrons. The monoisotopic (exact) mass is 349 g/mol. The Kier molecular flexibility index (Phi) is 4.57. The molecule has 3 rings (SSSR count). The van der Waals surface area contributed by atoms with Gasteiger partial charge in [-0.15, -0.1) is 0 Å². The summed E-state index contributed by atoms with van der Waals surface area (Å²) >= 11 is 0. The molecule has 0 unspecified atom stereocenters. The number of fused-ring (bicyclic) bond motifs is 1. The second-order valence-electron chi connectivity index (χ2n) is 5.65. The van der Waals surface area contributed by atoms with Crippen molar-refractivity contribution in [2.45, 2.75) is 19.5 Å². The minimum absolute atomic E-state index is 0.384. The number of halogens is 4. The van der Waals surface area contributed by atoms with Gasteiger partial charge in [0.25, 0.3) is 0 Å². The van der Waals surface area contributed by atoms with Gasteiger partial charge in [-0.05, 0) is 49.2 Å². The van der Waals surface area contributed by atoms with E-state index < -0.39 is 11.7 Å². The van der Waals surface area contributed by atoms with Gasteiger partial charge in [0.15, 0.2) is 0 Å². The summed E-state index contributed by atoms with van der Waals surface area (Å²) in [5, 5.41) is 3.68. The van der Waals surface area contributed by atoms with E-state index in [1.165, 1.54) is 24.3 Å². The molecular weight excluding hydrogens is 334 g/mol. The summed E-state index contributed by atoms with van der Waals surface area (Å²) in [6, 6.07) is 9.31. The summed E-state index contributed by atoms with van der Waals surface area (Å²) in [5.41, 5.74) is 0.727. The van der Waals surface area contributed by atoms with Gasteiger partial charge >= 0.3 is 6.18 Å². The van der Waals surface area contributed by atoms with Crippen molar-refractivity contribution < 1.29 is 17.6 Å². The highest BCUT2D eigenvalue weighted by molar-refractivity contribution is 5.89. The molecule has 0 atom stereocenters. The Hall–Kier alpha value is -2.70. The molecule has 2 aromatic carbocycles. The van der Waals surface area contributed by atoms with Crippen molar-refractivity contribution >= 4 is 16.7 Å². The van der Waals surface area contributed by atoms with Crippen molar-refractivity contribution in [2.75, 3.05) is 11.9 Å². The average molecular weight is 349 g/mol. The molecule has 0 radical (unpaired) electrons. The third kappa shape index (κ3) is 4.04. The van der Waals surface area contributed by atoms with Gasteiger partial charge in [0.2, 0.25) is 0 Å². The minimum atomic E-state index is -4.34. The fraction of sp³-hybridized carbons (Fsp3) is 0.222. The number of hydrogen-bond acceptors (Lipinski definition) is 3. The van der Waals surface area contributed by atoms with Crippen molar-refractivity contribution in [3.63, 3.8) is 0 Å². The molecule has 1 aromatic heterocycles. The summed E-state index contributed by atoms with van der Waals surface area (Å²) in [5.74, 6) is 0.677. The largest absolute Gasteiger partial charge is 0.416 e. The Labute approximate surface area is 141 Å². The second-order valence-corrected chi connectivity index (χ2v) is 5.65. The van der Waals surface area contributed by atoms with Crippen LogP contribution in [0.2, 0.25) is 0 Å². The molecule has 0 aliphatic carbocycles. The van der Waals surface area contributed by atoms with Crippen molar-refractivity contribution in [2.24, 2.45) is 0 Å². The fourth-order valence-corrected chi connectivity index (χ4v) is 2.54. The van der Waals surface area contributed by atoms with E-state index in [1.807, 2.05) is 0 Å². The van der Waals surface area contributed by atoms with Crippen molar-refractivity contribution in [3.8, 4) is 0 Å². The predicted octanol–water partition coefficient (Wildman–Crippen LogP) is 4.75. The normalized spacial score (nSPS) is 11.7. The lowest BCUT2D eigenvalue weighted by atomic mass is 10.1. The number of anilines is 1. The maximum Gasteiger partial charge on any atom is 0.416 e. The van der Waals surface area contributed by atoms with Crippen molar-refractivity contribution in [1.29, 1.82) is 0 Å². The molecule has 3 nitrogen and oxygen atoms in total. The highest BCUT2D eigenvalue weighted by Crippen LogP contribution is 2.29. The van der Waals surface area contributed by atoms with Crippen LogP contribution in [0.4, 0.5) is 23.4 Å². The Balaban J connectivity index is 1.72. The predicted molar refractivity (Wildman–Crippen MR) is 87.9 cm³/mol. The number of hydrogen-bond donors (Lipinski definition) is 1. The number of nitrogens with zero attached hydrogens (tertiary/aromatic N) is 2. The number of aromatic nitrogens is 2. The number of aryl methyl sites for hydroxylation is 1. The highest BCUT2D eigenvalue weighted by Gasteiger charge is 2.29. The quantitative estimate of drug-likeness (QED) is 0.691. The van der Waals surface area contributed by atoms with Crippen LogP contribution in [-0.2, 0) is 12.6 Å². The van der Waals surface area contributed by atoms with Gasteiger partial charge in [0, 0.05) is 11.9 Å². The standard InChI is InChI=1S/C18H15F4N3/c1-11-24-16-7-6-14(19)10-15(16)17(25-11)23-9-8-12-2-4-13(5-3-12)18(20,21)22/h2-7,10H,8-9H2,1H3,(H,23,24,25). The lowest BCUT2D eigenvalue weighted by molar-refractivity contribution is -0.137. The number of benzene rings is 2. The van der Waals surface area contributed by atoms with Crippen LogP contribution in [0, 0.1) is 12.7 Å². The Morgan fingerprint density at radius 3 is 2.40 bits per heavy atom. The van der Waals surface area contributed by atoms with E-state index in [4.69, 9.17) is 0 Å². The van der Waals surface area contributed by atoms with E-state index >= 15 is 0 Å². The zero-order valence-electron chi connectivity index (χ0n) is 13.4. The van der Waals surface area contributed by atoms with E-state index in [2.05, 4.69) is 15.3 Å². The molecule has 0 saturated carbocycles. The molecule has 3 aromatic rings. The Bertz CT molecular complexity index is 889. The van der Waals surface area contributed by atoms with Crippen LogP contribution in [0.25, 0.3) is 10.9 Å². The first kappa shape index (κ1) is 17.1. The first-order valence-electron chi connectivity index (χ1n) is 7.67. The molecular formula is C18H15F4N3. The van der Waals surface area contributed by atoms with Crippen LogP contribution >= 0.6 is 0 Å². The van der Waals surface area contributed by atoms with E-state index in [0.29, 0.717) is 35.5 Å². The molecule has 0 saturated heterocycles. The summed E-state index contributed by atoms with van der Waals surface area (Å²) in [7, 11) is 0. The molecule has 0 spiro atoms. The van der Waals surface area contributed by atoms with Crippen LogP contribution in [0.5, 0.6) is 0 Å². The van der Waals surface area contributed by atoms with Gasteiger partial charge in [0.05, 0.1) is 11.1 Å². The maximum absolute atomic E-state index is 13.5. The van der Waals surface area contributed by atoms with E-state index in [0.717, 1.165) is 17.7 Å². The first-order chi connectivity index (χ1) is 11.8. The van der Waals surface area contributed by atoms with Gasteiger partial charge in [-0.25, -0.2) is 14.4 Å².